The minimum atomic E-state index is -0.108. The van der Waals surface area contributed by atoms with Crippen LogP contribution in [0.1, 0.15) is 20.3 Å². The highest BCUT2D eigenvalue weighted by Crippen LogP contribution is 2.25. The Morgan fingerprint density at radius 3 is 2.53 bits per heavy atom. The number of fused-ring (bicyclic) bond motifs is 1. The lowest BCUT2D eigenvalue weighted by Crippen LogP contribution is -2.53. The highest BCUT2D eigenvalue weighted by Gasteiger charge is 2.29. The first-order valence-electron chi connectivity index (χ1n) is 13.0. The zero-order chi connectivity index (χ0) is 26.8. The summed E-state index contributed by atoms with van der Waals surface area (Å²) in [6.45, 7) is 11.4. The molecule has 0 aliphatic carbocycles. The van der Waals surface area contributed by atoms with Gasteiger partial charge in [-0.3, -0.25) is 19.0 Å². The van der Waals surface area contributed by atoms with E-state index in [1.165, 1.54) is 6.08 Å². The number of nitrogens with one attached hydrogen (secondary N) is 1. The molecule has 2 amide bonds. The van der Waals surface area contributed by atoms with Gasteiger partial charge >= 0.3 is 0 Å². The summed E-state index contributed by atoms with van der Waals surface area (Å²) < 4.78 is 1.69. The lowest BCUT2D eigenvalue weighted by atomic mass is 9.96. The van der Waals surface area contributed by atoms with E-state index in [-0.39, 0.29) is 23.4 Å². The second kappa shape index (κ2) is 10.6. The molecule has 38 heavy (non-hydrogen) atoms. The van der Waals surface area contributed by atoms with Gasteiger partial charge in [-0.2, -0.15) is 4.98 Å². The van der Waals surface area contributed by atoms with E-state index in [0.29, 0.717) is 43.7 Å². The zero-order valence-corrected chi connectivity index (χ0v) is 21.8. The van der Waals surface area contributed by atoms with Gasteiger partial charge in [0.05, 0.1) is 0 Å². The number of nitrogens with zero attached hydrogens (tertiary/aromatic N) is 6. The van der Waals surface area contributed by atoms with Crippen molar-refractivity contribution in [2.45, 2.75) is 32.9 Å². The zero-order valence-electron chi connectivity index (χ0n) is 21.8. The maximum Gasteiger partial charge on any atom is 0.252 e. The maximum absolute atomic E-state index is 12.7. The van der Waals surface area contributed by atoms with Crippen molar-refractivity contribution in [2.24, 2.45) is 5.92 Å². The predicted octanol–water partition coefficient (Wildman–Crippen LogP) is 2.63. The SMILES string of the molecule is C=CC(=O)N1CC(CCn2c(=O)ccc3cnc(Nc4ccc(N5CCN(C(C)=O)C[C@H]5C)cc4)nc32)C1. The number of benzene rings is 1. The first kappa shape index (κ1) is 25.4. The minimum Gasteiger partial charge on any atom is -0.365 e. The summed E-state index contributed by atoms with van der Waals surface area (Å²) in [7, 11) is 0. The third-order valence-corrected chi connectivity index (χ3v) is 7.46. The van der Waals surface area contributed by atoms with Gasteiger partial charge in [-0.05, 0) is 55.7 Å². The Bertz CT molecular complexity index is 1410. The Balaban J connectivity index is 1.27. The summed E-state index contributed by atoms with van der Waals surface area (Å²) in [5, 5.41) is 4.05. The molecule has 4 heterocycles. The molecule has 3 aromatic rings. The van der Waals surface area contributed by atoms with Crippen molar-refractivity contribution in [1.82, 2.24) is 24.3 Å². The third kappa shape index (κ3) is 5.25. The molecule has 0 saturated carbocycles. The van der Waals surface area contributed by atoms with Crippen molar-refractivity contribution in [1.29, 1.82) is 0 Å². The number of carbonyl (C=O) groups is 2. The maximum atomic E-state index is 12.7. The van der Waals surface area contributed by atoms with E-state index in [2.05, 4.69) is 45.8 Å². The fraction of sp³-hybridized carbons (Fsp3) is 0.393. The number of anilines is 3. The van der Waals surface area contributed by atoms with Crippen molar-refractivity contribution in [3.8, 4) is 0 Å². The number of hydrogen-bond donors (Lipinski definition) is 1. The molecule has 2 aliphatic rings. The Kier molecular flexibility index (Phi) is 7.13. The number of pyridine rings is 1. The third-order valence-electron chi connectivity index (χ3n) is 7.46. The van der Waals surface area contributed by atoms with Crippen LogP contribution in [0.5, 0.6) is 0 Å². The summed E-state index contributed by atoms with van der Waals surface area (Å²) in [6, 6.07) is 11.6. The summed E-state index contributed by atoms with van der Waals surface area (Å²) >= 11 is 0. The van der Waals surface area contributed by atoms with Crippen molar-refractivity contribution in [3.05, 3.63) is 65.6 Å². The molecule has 0 bridgehead atoms. The fourth-order valence-electron chi connectivity index (χ4n) is 5.21. The molecule has 0 unspecified atom stereocenters. The molecule has 5 rings (SSSR count). The van der Waals surface area contributed by atoms with Crippen molar-refractivity contribution in [2.75, 3.05) is 42.9 Å². The normalized spacial score (nSPS) is 17.8. The molecule has 2 aliphatic heterocycles. The first-order valence-corrected chi connectivity index (χ1v) is 13.0. The topological polar surface area (TPSA) is 104 Å². The molecular weight excluding hydrogens is 482 g/mol. The lowest BCUT2D eigenvalue weighted by molar-refractivity contribution is -0.132. The van der Waals surface area contributed by atoms with Crippen LogP contribution < -0.4 is 15.8 Å². The monoisotopic (exact) mass is 515 g/mol. The summed E-state index contributed by atoms with van der Waals surface area (Å²) in [5.41, 5.74) is 2.42. The van der Waals surface area contributed by atoms with Gasteiger partial charge in [-0.1, -0.05) is 6.58 Å². The predicted molar refractivity (Wildman–Crippen MR) is 147 cm³/mol. The van der Waals surface area contributed by atoms with Gasteiger partial charge in [0, 0.05) is 81.3 Å². The fourth-order valence-corrected chi connectivity index (χ4v) is 5.21. The second-order valence-electron chi connectivity index (χ2n) is 10.1. The average molecular weight is 516 g/mol. The standard InChI is InChI=1S/C28H33N7O3/c1-4-25(37)33-17-21(18-33)11-12-35-26(38)10-5-22-15-29-28(31-27(22)35)30-23-6-8-24(9-7-23)34-14-13-32(20(3)36)16-19(34)2/h4-10,15,19,21H,1,11-14,16-18H2,2-3H3,(H,29,30,31)/t19-/m1/s1. The van der Waals surface area contributed by atoms with E-state index in [1.54, 1.807) is 34.7 Å². The minimum absolute atomic E-state index is 0.0508. The first-order chi connectivity index (χ1) is 18.3. The van der Waals surface area contributed by atoms with Gasteiger partial charge in [0.15, 0.2) is 0 Å². The van der Waals surface area contributed by atoms with E-state index in [4.69, 9.17) is 0 Å². The van der Waals surface area contributed by atoms with Crippen LogP contribution in [0.2, 0.25) is 0 Å². The highest BCUT2D eigenvalue weighted by atomic mass is 16.2. The molecule has 10 nitrogen and oxygen atoms in total. The summed E-state index contributed by atoms with van der Waals surface area (Å²) in [4.78, 5) is 51.2. The summed E-state index contributed by atoms with van der Waals surface area (Å²) in [6.07, 6.45) is 3.84. The number of hydrogen-bond acceptors (Lipinski definition) is 7. The van der Waals surface area contributed by atoms with Crippen LogP contribution in [-0.4, -0.2) is 74.9 Å². The van der Waals surface area contributed by atoms with Crippen molar-refractivity contribution >= 4 is 40.2 Å². The van der Waals surface area contributed by atoms with Crippen LogP contribution in [0.15, 0.2) is 60.0 Å². The van der Waals surface area contributed by atoms with E-state index in [0.717, 1.165) is 36.3 Å². The van der Waals surface area contributed by atoms with Crippen LogP contribution >= 0.6 is 0 Å². The quantitative estimate of drug-likeness (QED) is 0.483. The molecule has 2 fully saturated rings. The highest BCUT2D eigenvalue weighted by molar-refractivity contribution is 5.87. The van der Waals surface area contributed by atoms with Gasteiger partial charge in [0.25, 0.3) is 5.56 Å². The Morgan fingerprint density at radius 2 is 1.84 bits per heavy atom. The van der Waals surface area contributed by atoms with Gasteiger partial charge < -0.3 is 20.0 Å². The van der Waals surface area contributed by atoms with Crippen molar-refractivity contribution < 1.29 is 9.59 Å². The number of aromatic nitrogens is 3. The number of rotatable bonds is 7. The number of amides is 2. The molecule has 2 aromatic heterocycles. The number of piperazine rings is 1. The van der Waals surface area contributed by atoms with Crippen LogP contribution in [0.4, 0.5) is 17.3 Å². The van der Waals surface area contributed by atoms with E-state index < -0.39 is 0 Å². The molecule has 10 heteroatoms. The number of carbonyl (C=O) groups excluding carboxylic acids is 2. The molecule has 198 valence electrons. The average Bonchev–Trinajstić information content (AvgIpc) is 2.89. The number of likely N-dealkylation sites (tertiary alicyclic amines) is 1. The van der Waals surface area contributed by atoms with E-state index in [1.807, 2.05) is 17.0 Å². The van der Waals surface area contributed by atoms with Gasteiger partial charge in [0.2, 0.25) is 17.8 Å². The molecule has 0 radical (unpaired) electrons. The molecule has 0 spiro atoms. The van der Waals surface area contributed by atoms with E-state index >= 15 is 0 Å². The molecular formula is C28H33N7O3. The van der Waals surface area contributed by atoms with Gasteiger partial charge in [-0.15, -0.1) is 0 Å². The molecule has 1 aromatic carbocycles. The molecule has 1 atom stereocenters. The van der Waals surface area contributed by atoms with E-state index in [9.17, 15) is 14.4 Å². The smallest absolute Gasteiger partial charge is 0.252 e. The van der Waals surface area contributed by atoms with Crippen LogP contribution in [0.3, 0.4) is 0 Å². The second-order valence-corrected chi connectivity index (χ2v) is 10.1. The Hall–Kier alpha value is -4.21. The summed E-state index contributed by atoms with van der Waals surface area (Å²) in [5.74, 6) is 0.836. The van der Waals surface area contributed by atoms with Crippen LogP contribution in [0.25, 0.3) is 11.0 Å². The van der Waals surface area contributed by atoms with Crippen molar-refractivity contribution in [3.63, 3.8) is 0 Å². The Labute approximate surface area is 221 Å². The molecule has 2 saturated heterocycles. The largest absolute Gasteiger partial charge is 0.365 e. The number of aryl methyl sites for hydroxylation is 1. The van der Waals surface area contributed by atoms with Crippen LogP contribution in [-0.2, 0) is 16.1 Å². The molecule has 1 N–H and O–H groups in total. The van der Waals surface area contributed by atoms with Crippen LogP contribution in [0, 0.1) is 5.92 Å². The van der Waals surface area contributed by atoms with Gasteiger partial charge in [0.1, 0.15) is 5.65 Å². The Morgan fingerprint density at radius 1 is 1.08 bits per heavy atom. The van der Waals surface area contributed by atoms with Gasteiger partial charge in [-0.25, -0.2) is 4.98 Å². The lowest BCUT2D eigenvalue weighted by Gasteiger charge is -2.41.